The van der Waals surface area contributed by atoms with Crippen LogP contribution >= 0.6 is 11.6 Å². The summed E-state index contributed by atoms with van der Waals surface area (Å²) < 4.78 is 1.29. The zero-order valence-electron chi connectivity index (χ0n) is 12.2. The maximum absolute atomic E-state index is 12.7. The van der Waals surface area contributed by atoms with E-state index in [4.69, 9.17) is 11.6 Å². The fourth-order valence-electron chi connectivity index (χ4n) is 2.51. The normalized spacial score (nSPS) is 11.2. The highest BCUT2D eigenvalue weighted by molar-refractivity contribution is 6.31. The van der Waals surface area contributed by atoms with Gasteiger partial charge in [-0.25, -0.2) is 9.97 Å². The number of halogens is 1. The molecule has 4 rings (SSSR count). The van der Waals surface area contributed by atoms with E-state index in [0.717, 1.165) is 11.0 Å². The molecule has 23 heavy (non-hydrogen) atoms. The molecule has 6 heteroatoms. The molecule has 0 saturated heterocycles. The molecule has 0 radical (unpaired) electrons. The van der Waals surface area contributed by atoms with Crippen molar-refractivity contribution in [2.45, 2.75) is 6.92 Å². The van der Waals surface area contributed by atoms with Crippen LogP contribution in [0.25, 0.3) is 22.2 Å². The van der Waals surface area contributed by atoms with E-state index in [-0.39, 0.29) is 5.91 Å². The molecule has 0 aliphatic heterocycles. The molecule has 0 aliphatic carbocycles. The molecule has 0 saturated carbocycles. The molecule has 2 aromatic carbocycles. The molecule has 0 atom stereocenters. The minimum absolute atomic E-state index is 0.282. The summed E-state index contributed by atoms with van der Waals surface area (Å²) in [5.74, 6) is -0.282. The van der Waals surface area contributed by atoms with Crippen molar-refractivity contribution in [1.29, 1.82) is 0 Å². The van der Waals surface area contributed by atoms with Gasteiger partial charge in [-0.2, -0.15) is 9.78 Å². The number of aryl methyl sites for hydroxylation is 1. The standard InChI is InChI=1S/C17H11ClN4O/c1-10-15-16(20-14-8-3-2-7-13(14)19-15)22(21-10)17(23)11-5-4-6-12(18)9-11/h2-9H,1H3. The number of benzene rings is 2. The summed E-state index contributed by atoms with van der Waals surface area (Å²) in [6.45, 7) is 1.81. The average molecular weight is 323 g/mol. The van der Waals surface area contributed by atoms with Crippen molar-refractivity contribution in [2.24, 2.45) is 0 Å². The molecule has 4 aromatic rings. The summed E-state index contributed by atoms with van der Waals surface area (Å²) in [6.07, 6.45) is 0. The van der Waals surface area contributed by atoms with Gasteiger partial charge in [-0.05, 0) is 37.3 Å². The topological polar surface area (TPSA) is 60.7 Å². The number of aromatic nitrogens is 4. The molecule has 112 valence electrons. The second-order valence-corrected chi connectivity index (χ2v) is 5.63. The first-order valence-electron chi connectivity index (χ1n) is 7.06. The van der Waals surface area contributed by atoms with Crippen LogP contribution in [-0.4, -0.2) is 25.7 Å². The zero-order chi connectivity index (χ0) is 16.0. The van der Waals surface area contributed by atoms with Gasteiger partial charge in [0.1, 0.15) is 5.52 Å². The molecule has 0 spiro atoms. The van der Waals surface area contributed by atoms with Gasteiger partial charge in [0, 0.05) is 10.6 Å². The van der Waals surface area contributed by atoms with Crippen LogP contribution in [0.1, 0.15) is 16.1 Å². The van der Waals surface area contributed by atoms with Gasteiger partial charge in [-0.15, -0.1) is 0 Å². The molecular weight excluding hydrogens is 312 g/mol. The van der Waals surface area contributed by atoms with Crippen LogP contribution in [0, 0.1) is 6.92 Å². The van der Waals surface area contributed by atoms with Crippen LogP contribution in [0.2, 0.25) is 5.02 Å². The van der Waals surface area contributed by atoms with Crippen LogP contribution in [0.15, 0.2) is 48.5 Å². The van der Waals surface area contributed by atoms with Crippen LogP contribution in [0.4, 0.5) is 0 Å². The number of carbonyl (C=O) groups is 1. The fraction of sp³-hybridized carbons (Fsp3) is 0.0588. The lowest BCUT2D eigenvalue weighted by Gasteiger charge is -2.03. The number of hydrogen-bond donors (Lipinski definition) is 0. The third-order valence-corrected chi connectivity index (χ3v) is 3.84. The van der Waals surface area contributed by atoms with Crippen LogP contribution in [0.5, 0.6) is 0 Å². The third kappa shape index (κ3) is 2.26. The minimum Gasteiger partial charge on any atom is -0.267 e. The Morgan fingerprint density at radius 2 is 1.78 bits per heavy atom. The molecule has 2 heterocycles. The number of nitrogens with zero attached hydrogens (tertiary/aromatic N) is 4. The average Bonchev–Trinajstić information content (AvgIpc) is 2.88. The highest BCUT2D eigenvalue weighted by Gasteiger charge is 2.18. The maximum Gasteiger partial charge on any atom is 0.280 e. The van der Waals surface area contributed by atoms with E-state index in [1.165, 1.54) is 4.68 Å². The molecule has 0 amide bonds. The van der Waals surface area contributed by atoms with Crippen molar-refractivity contribution in [2.75, 3.05) is 0 Å². The van der Waals surface area contributed by atoms with Gasteiger partial charge in [0.05, 0.1) is 16.7 Å². The Bertz CT molecular complexity index is 1070. The number of carbonyl (C=O) groups excluding carboxylic acids is 1. The molecule has 0 fully saturated rings. The molecule has 0 aliphatic rings. The Morgan fingerprint density at radius 1 is 1.04 bits per heavy atom. The molecule has 0 bridgehead atoms. The number of fused-ring (bicyclic) bond motifs is 2. The Morgan fingerprint density at radius 3 is 2.52 bits per heavy atom. The van der Waals surface area contributed by atoms with E-state index in [1.54, 1.807) is 24.3 Å². The van der Waals surface area contributed by atoms with Crippen LogP contribution < -0.4 is 0 Å². The Hall–Kier alpha value is -2.79. The summed E-state index contributed by atoms with van der Waals surface area (Å²) >= 11 is 5.97. The van der Waals surface area contributed by atoms with E-state index >= 15 is 0 Å². The van der Waals surface area contributed by atoms with Crippen molar-refractivity contribution in [3.8, 4) is 0 Å². The van der Waals surface area contributed by atoms with E-state index in [0.29, 0.717) is 27.4 Å². The monoisotopic (exact) mass is 322 g/mol. The first-order chi connectivity index (χ1) is 11.1. The second-order valence-electron chi connectivity index (χ2n) is 5.20. The fourth-order valence-corrected chi connectivity index (χ4v) is 2.70. The van der Waals surface area contributed by atoms with Gasteiger partial charge in [0.25, 0.3) is 5.91 Å². The Kier molecular flexibility index (Phi) is 3.09. The summed E-state index contributed by atoms with van der Waals surface area (Å²) in [6, 6.07) is 14.3. The van der Waals surface area contributed by atoms with Crippen molar-refractivity contribution >= 4 is 39.7 Å². The Labute approximate surface area is 136 Å². The van der Waals surface area contributed by atoms with E-state index in [2.05, 4.69) is 15.1 Å². The molecule has 0 unspecified atom stereocenters. The van der Waals surface area contributed by atoms with Crippen LogP contribution in [0.3, 0.4) is 0 Å². The number of hydrogen-bond acceptors (Lipinski definition) is 4. The van der Waals surface area contributed by atoms with Gasteiger partial charge >= 0.3 is 0 Å². The highest BCUT2D eigenvalue weighted by Crippen LogP contribution is 2.20. The van der Waals surface area contributed by atoms with Crippen molar-refractivity contribution in [3.05, 3.63) is 64.8 Å². The molecular formula is C17H11ClN4O. The lowest BCUT2D eigenvalue weighted by Crippen LogP contribution is -2.14. The number of para-hydroxylation sites is 2. The molecule has 0 N–H and O–H groups in total. The van der Waals surface area contributed by atoms with Crippen molar-refractivity contribution in [3.63, 3.8) is 0 Å². The molecule has 5 nitrogen and oxygen atoms in total. The highest BCUT2D eigenvalue weighted by atomic mass is 35.5. The van der Waals surface area contributed by atoms with E-state index in [9.17, 15) is 4.79 Å². The summed E-state index contributed by atoms with van der Waals surface area (Å²) in [7, 11) is 0. The predicted octanol–water partition coefficient (Wildman–Crippen LogP) is 3.63. The van der Waals surface area contributed by atoms with E-state index in [1.807, 2.05) is 31.2 Å². The van der Waals surface area contributed by atoms with E-state index < -0.39 is 0 Å². The lowest BCUT2D eigenvalue weighted by molar-refractivity contribution is 0.0949. The van der Waals surface area contributed by atoms with Gasteiger partial charge in [0.2, 0.25) is 0 Å². The SMILES string of the molecule is Cc1nn(C(=O)c2cccc(Cl)c2)c2nc3ccccc3nc12. The largest absolute Gasteiger partial charge is 0.280 e. The van der Waals surface area contributed by atoms with Gasteiger partial charge < -0.3 is 0 Å². The third-order valence-electron chi connectivity index (χ3n) is 3.61. The van der Waals surface area contributed by atoms with Gasteiger partial charge in [-0.1, -0.05) is 29.8 Å². The van der Waals surface area contributed by atoms with Crippen molar-refractivity contribution < 1.29 is 4.79 Å². The molecule has 2 aromatic heterocycles. The second kappa shape index (κ2) is 5.14. The first-order valence-corrected chi connectivity index (χ1v) is 7.44. The van der Waals surface area contributed by atoms with Crippen LogP contribution in [-0.2, 0) is 0 Å². The van der Waals surface area contributed by atoms with Gasteiger partial charge in [0.15, 0.2) is 5.65 Å². The van der Waals surface area contributed by atoms with Gasteiger partial charge in [-0.3, -0.25) is 4.79 Å². The predicted molar refractivity (Wildman–Crippen MR) is 88.7 cm³/mol. The Balaban J connectivity index is 1.96. The summed E-state index contributed by atoms with van der Waals surface area (Å²) in [5.41, 5.74) is 3.69. The first kappa shape index (κ1) is 13.8. The number of rotatable bonds is 1. The quantitative estimate of drug-likeness (QED) is 0.537. The minimum atomic E-state index is -0.282. The summed E-state index contributed by atoms with van der Waals surface area (Å²) in [4.78, 5) is 21.9. The summed E-state index contributed by atoms with van der Waals surface area (Å²) in [5, 5.41) is 4.82. The smallest absolute Gasteiger partial charge is 0.267 e. The zero-order valence-corrected chi connectivity index (χ0v) is 12.9. The lowest BCUT2D eigenvalue weighted by atomic mass is 10.2. The van der Waals surface area contributed by atoms with Crippen molar-refractivity contribution in [1.82, 2.24) is 19.7 Å². The maximum atomic E-state index is 12.7.